The third kappa shape index (κ3) is 3.35. The van der Waals surface area contributed by atoms with E-state index in [4.69, 9.17) is 11.5 Å². The van der Waals surface area contributed by atoms with Crippen molar-refractivity contribution in [2.24, 2.45) is 11.5 Å². The summed E-state index contributed by atoms with van der Waals surface area (Å²) in [7, 11) is 0. The summed E-state index contributed by atoms with van der Waals surface area (Å²) in [6.45, 7) is 6.76. The normalized spacial score (nSPS) is 22.1. The van der Waals surface area contributed by atoms with E-state index < -0.39 is 5.91 Å². The number of pyridine rings is 1. The van der Waals surface area contributed by atoms with Crippen LogP contribution in [0, 0.1) is 13.8 Å². The number of rotatable bonds is 4. The Morgan fingerprint density at radius 3 is 2.48 bits per heavy atom. The maximum Gasteiger partial charge on any atom is 0.252 e. The number of amides is 1. The number of primary amides is 1. The third-order valence-electron chi connectivity index (χ3n) is 4.39. The molecule has 0 bridgehead atoms. The summed E-state index contributed by atoms with van der Waals surface area (Å²) < 4.78 is 0. The van der Waals surface area contributed by atoms with Crippen LogP contribution in [0.25, 0.3) is 0 Å². The Hall–Kier alpha value is -1.62. The number of nitrogens with zero attached hydrogens (tertiary/aromatic N) is 2. The van der Waals surface area contributed by atoms with Gasteiger partial charge >= 0.3 is 0 Å². The van der Waals surface area contributed by atoms with Gasteiger partial charge < -0.3 is 16.4 Å². The highest BCUT2D eigenvalue weighted by atomic mass is 16.1. The Kier molecular flexibility index (Phi) is 4.83. The summed E-state index contributed by atoms with van der Waals surface area (Å²) in [5.74, 6) is -0.402. The van der Waals surface area contributed by atoms with Gasteiger partial charge in [0.05, 0.1) is 16.9 Å². The summed E-state index contributed by atoms with van der Waals surface area (Å²) in [4.78, 5) is 18.5. The van der Waals surface area contributed by atoms with Gasteiger partial charge in [0.2, 0.25) is 0 Å². The van der Waals surface area contributed by atoms with Crippen LogP contribution < -0.4 is 16.4 Å². The lowest BCUT2D eigenvalue weighted by atomic mass is 9.90. The van der Waals surface area contributed by atoms with E-state index in [0.717, 1.165) is 43.6 Å². The second-order valence-electron chi connectivity index (χ2n) is 5.96. The van der Waals surface area contributed by atoms with Gasteiger partial charge in [-0.05, 0) is 52.5 Å². The Bertz CT molecular complexity index is 521. The van der Waals surface area contributed by atoms with Gasteiger partial charge in [0.1, 0.15) is 0 Å². The molecular weight excluding hydrogens is 264 g/mol. The average molecular weight is 290 g/mol. The number of carbonyl (C=O) groups excluding carboxylic acids is 1. The van der Waals surface area contributed by atoms with Gasteiger partial charge in [0, 0.05) is 24.3 Å². The van der Waals surface area contributed by atoms with E-state index in [9.17, 15) is 4.79 Å². The van der Waals surface area contributed by atoms with Crippen LogP contribution in [0.1, 0.15) is 54.4 Å². The largest absolute Gasteiger partial charge is 0.368 e. The number of anilines is 1. The van der Waals surface area contributed by atoms with Gasteiger partial charge in [0.25, 0.3) is 5.91 Å². The molecule has 5 heteroatoms. The zero-order chi connectivity index (χ0) is 15.6. The summed E-state index contributed by atoms with van der Waals surface area (Å²) in [5, 5.41) is 0. The first-order valence-electron chi connectivity index (χ1n) is 7.74. The van der Waals surface area contributed by atoms with Crippen molar-refractivity contribution in [3.8, 4) is 0 Å². The molecule has 5 nitrogen and oxygen atoms in total. The number of aryl methyl sites for hydroxylation is 2. The van der Waals surface area contributed by atoms with Crippen molar-refractivity contribution >= 4 is 11.6 Å². The average Bonchev–Trinajstić information content (AvgIpc) is 2.40. The van der Waals surface area contributed by atoms with Crippen LogP contribution in [0.15, 0.2) is 6.07 Å². The molecule has 0 atom stereocenters. The van der Waals surface area contributed by atoms with E-state index in [1.165, 1.54) is 0 Å². The number of nitrogens with two attached hydrogens (primary N) is 2. The Labute approximate surface area is 126 Å². The Morgan fingerprint density at radius 1 is 1.33 bits per heavy atom. The summed E-state index contributed by atoms with van der Waals surface area (Å²) in [6.07, 6.45) is 4.20. The van der Waals surface area contributed by atoms with Gasteiger partial charge in [-0.15, -0.1) is 0 Å². The molecule has 2 rings (SSSR count). The molecule has 1 aromatic heterocycles. The third-order valence-corrected chi connectivity index (χ3v) is 4.39. The van der Waals surface area contributed by atoms with Crippen LogP contribution in [-0.4, -0.2) is 29.5 Å². The molecule has 0 saturated heterocycles. The Balaban J connectivity index is 2.39. The molecule has 1 heterocycles. The van der Waals surface area contributed by atoms with E-state index in [0.29, 0.717) is 23.3 Å². The molecule has 0 aliphatic heterocycles. The molecular formula is C16H26N4O. The predicted molar refractivity (Wildman–Crippen MR) is 85.5 cm³/mol. The van der Waals surface area contributed by atoms with Crippen LogP contribution in [0.5, 0.6) is 0 Å². The minimum atomic E-state index is -0.402. The highest BCUT2D eigenvalue weighted by Gasteiger charge is 2.27. The topological polar surface area (TPSA) is 85.2 Å². The highest BCUT2D eigenvalue weighted by Crippen LogP contribution is 2.30. The zero-order valence-corrected chi connectivity index (χ0v) is 13.2. The summed E-state index contributed by atoms with van der Waals surface area (Å²) >= 11 is 0. The number of hydrogen-bond acceptors (Lipinski definition) is 4. The van der Waals surface area contributed by atoms with Gasteiger partial charge in [-0.1, -0.05) is 0 Å². The van der Waals surface area contributed by atoms with Crippen molar-refractivity contribution < 1.29 is 4.79 Å². The van der Waals surface area contributed by atoms with Crippen LogP contribution in [-0.2, 0) is 0 Å². The maximum absolute atomic E-state index is 11.8. The zero-order valence-electron chi connectivity index (χ0n) is 13.2. The van der Waals surface area contributed by atoms with Crippen LogP contribution in [0.4, 0.5) is 5.69 Å². The minimum Gasteiger partial charge on any atom is -0.368 e. The number of carbonyl (C=O) groups is 1. The molecule has 1 amide bonds. The minimum absolute atomic E-state index is 0.316. The first-order valence-corrected chi connectivity index (χ1v) is 7.74. The van der Waals surface area contributed by atoms with Crippen molar-refractivity contribution in [3.63, 3.8) is 0 Å². The van der Waals surface area contributed by atoms with E-state index in [-0.39, 0.29) is 0 Å². The SMILES string of the molecule is CCN(c1cc(C)nc(C)c1C(N)=O)C1CCC(N)CC1. The van der Waals surface area contributed by atoms with Crippen LogP contribution >= 0.6 is 0 Å². The maximum atomic E-state index is 11.8. The van der Waals surface area contributed by atoms with Crippen molar-refractivity contribution in [2.75, 3.05) is 11.4 Å². The van der Waals surface area contributed by atoms with E-state index in [1.807, 2.05) is 19.9 Å². The van der Waals surface area contributed by atoms with Crippen LogP contribution in [0.2, 0.25) is 0 Å². The van der Waals surface area contributed by atoms with Gasteiger partial charge in [-0.25, -0.2) is 0 Å². The standard InChI is InChI=1S/C16H26N4O/c1-4-20(13-7-5-12(17)6-8-13)14-9-10(2)19-11(3)15(14)16(18)21/h9,12-13H,4-8,17H2,1-3H3,(H2,18,21). The van der Waals surface area contributed by atoms with Gasteiger partial charge in [-0.3, -0.25) is 9.78 Å². The fourth-order valence-electron chi connectivity index (χ4n) is 3.38. The smallest absolute Gasteiger partial charge is 0.252 e. The highest BCUT2D eigenvalue weighted by molar-refractivity contribution is 5.99. The van der Waals surface area contributed by atoms with E-state index >= 15 is 0 Å². The second-order valence-corrected chi connectivity index (χ2v) is 5.96. The van der Waals surface area contributed by atoms with Crippen molar-refractivity contribution in [1.82, 2.24) is 4.98 Å². The summed E-state index contributed by atoms with van der Waals surface area (Å²) in [6, 6.07) is 2.72. The molecule has 1 aliphatic rings. The molecule has 21 heavy (non-hydrogen) atoms. The molecule has 1 aromatic rings. The van der Waals surface area contributed by atoms with Gasteiger partial charge in [0.15, 0.2) is 0 Å². The number of hydrogen-bond donors (Lipinski definition) is 2. The second kappa shape index (κ2) is 6.43. The quantitative estimate of drug-likeness (QED) is 0.886. The molecule has 1 saturated carbocycles. The molecule has 116 valence electrons. The fourth-order valence-corrected chi connectivity index (χ4v) is 3.38. The summed E-state index contributed by atoms with van der Waals surface area (Å²) in [5.41, 5.74) is 14.7. The lowest BCUT2D eigenvalue weighted by Crippen LogP contribution is -2.42. The predicted octanol–water partition coefficient (Wildman–Crippen LogP) is 1.89. The first-order chi connectivity index (χ1) is 9.93. The monoisotopic (exact) mass is 290 g/mol. The van der Waals surface area contributed by atoms with Crippen molar-refractivity contribution in [2.45, 2.75) is 58.5 Å². The molecule has 4 N–H and O–H groups in total. The number of aromatic nitrogens is 1. The van der Waals surface area contributed by atoms with Crippen molar-refractivity contribution in [1.29, 1.82) is 0 Å². The van der Waals surface area contributed by atoms with Gasteiger partial charge in [-0.2, -0.15) is 0 Å². The van der Waals surface area contributed by atoms with E-state index in [1.54, 1.807) is 0 Å². The molecule has 0 unspecified atom stereocenters. The molecule has 0 aromatic carbocycles. The first kappa shape index (κ1) is 15.8. The molecule has 0 spiro atoms. The fraction of sp³-hybridized carbons (Fsp3) is 0.625. The lowest BCUT2D eigenvalue weighted by Gasteiger charge is -2.38. The molecule has 1 aliphatic carbocycles. The van der Waals surface area contributed by atoms with Crippen LogP contribution in [0.3, 0.4) is 0 Å². The van der Waals surface area contributed by atoms with Crippen molar-refractivity contribution in [3.05, 3.63) is 23.0 Å². The molecule has 1 fully saturated rings. The van der Waals surface area contributed by atoms with E-state index in [2.05, 4.69) is 16.8 Å². The Morgan fingerprint density at radius 2 is 1.95 bits per heavy atom. The molecule has 0 radical (unpaired) electrons. The lowest BCUT2D eigenvalue weighted by molar-refractivity contribution is 0.0999.